The van der Waals surface area contributed by atoms with Crippen molar-refractivity contribution in [3.63, 3.8) is 0 Å². The standard InChI is InChI=1S/C23H26N4O2.CH4O3S/c1-17(28)27-15-19-7-6-18(14-20(19)16-27)8-9-25-10-12-26(13-11-25)23-21-4-2-3-5-22(21)29-24-23;1-5(2,3)4/h2-7,14H,8-13,15-16H2,1H3;1H3,(H,2,3,4). The Morgan fingerprint density at radius 3 is 2.44 bits per heavy atom. The summed E-state index contributed by atoms with van der Waals surface area (Å²) < 4.78 is 31.3. The number of benzene rings is 2. The molecule has 2 aliphatic heterocycles. The normalized spacial score (nSPS) is 16.3. The Hall–Kier alpha value is -2.95. The van der Waals surface area contributed by atoms with E-state index < -0.39 is 10.1 Å². The highest BCUT2D eigenvalue weighted by molar-refractivity contribution is 7.85. The number of para-hydroxylation sites is 1. The Morgan fingerprint density at radius 1 is 1.06 bits per heavy atom. The third-order valence-electron chi connectivity index (χ3n) is 6.19. The van der Waals surface area contributed by atoms with Crippen LogP contribution in [0.25, 0.3) is 11.0 Å². The van der Waals surface area contributed by atoms with Gasteiger partial charge in [0.05, 0.1) is 11.6 Å². The molecule has 0 radical (unpaired) electrons. The molecular weight excluding hydrogens is 456 g/mol. The fourth-order valence-electron chi connectivity index (χ4n) is 4.40. The third kappa shape index (κ3) is 6.13. The zero-order valence-electron chi connectivity index (χ0n) is 19.5. The Balaban J connectivity index is 0.000000499. The predicted octanol–water partition coefficient (Wildman–Crippen LogP) is 2.56. The summed E-state index contributed by atoms with van der Waals surface area (Å²) in [5.41, 5.74) is 4.81. The lowest BCUT2D eigenvalue weighted by atomic mass is 10.0. The van der Waals surface area contributed by atoms with Crippen molar-refractivity contribution in [2.75, 3.05) is 43.9 Å². The minimum Gasteiger partial charge on any atom is -0.354 e. The van der Waals surface area contributed by atoms with Crippen LogP contribution in [0.5, 0.6) is 0 Å². The average Bonchev–Trinajstić information content (AvgIpc) is 3.41. The number of nitrogens with zero attached hydrogens (tertiary/aromatic N) is 4. The van der Waals surface area contributed by atoms with Crippen molar-refractivity contribution in [3.8, 4) is 0 Å². The van der Waals surface area contributed by atoms with Crippen LogP contribution < -0.4 is 4.90 Å². The molecule has 1 amide bonds. The van der Waals surface area contributed by atoms with Crippen LogP contribution in [0.15, 0.2) is 47.0 Å². The summed E-state index contributed by atoms with van der Waals surface area (Å²) in [6, 6.07) is 14.8. The fourth-order valence-corrected chi connectivity index (χ4v) is 4.40. The van der Waals surface area contributed by atoms with Crippen molar-refractivity contribution >= 4 is 32.8 Å². The first-order valence-corrected chi connectivity index (χ1v) is 13.1. The van der Waals surface area contributed by atoms with E-state index in [1.54, 1.807) is 6.92 Å². The summed E-state index contributed by atoms with van der Waals surface area (Å²) in [4.78, 5) is 18.4. The number of carbonyl (C=O) groups is 1. The SMILES string of the molecule is CC(=O)N1Cc2ccc(CCN3CCN(c4noc5ccccc45)CC3)cc2C1.CS(=O)(=O)O. The van der Waals surface area contributed by atoms with Gasteiger partial charge >= 0.3 is 0 Å². The second kappa shape index (κ2) is 10.1. The maximum Gasteiger partial charge on any atom is 0.261 e. The van der Waals surface area contributed by atoms with Crippen molar-refractivity contribution < 1.29 is 22.3 Å². The summed E-state index contributed by atoms with van der Waals surface area (Å²) in [7, 11) is -3.67. The van der Waals surface area contributed by atoms with Crippen LogP contribution in [-0.4, -0.2) is 72.8 Å². The molecule has 0 saturated carbocycles. The topological polar surface area (TPSA) is 107 Å². The van der Waals surface area contributed by atoms with E-state index in [9.17, 15) is 13.2 Å². The number of rotatable bonds is 4. The van der Waals surface area contributed by atoms with Gasteiger partial charge in [-0.15, -0.1) is 0 Å². The van der Waals surface area contributed by atoms with E-state index in [0.717, 1.165) is 69.0 Å². The number of hydrogen-bond acceptors (Lipinski definition) is 7. The summed E-state index contributed by atoms with van der Waals surface area (Å²) >= 11 is 0. The molecule has 0 spiro atoms. The second-order valence-corrected chi connectivity index (χ2v) is 10.3. The first-order valence-electron chi connectivity index (χ1n) is 11.3. The molecule has 0 bridgehead atoms. The lowest BCUT2D eigenvalue weighted by molar-refractivity contribution is -0.129. The van der Waals surface area contributed by atoms with Crippen LogP contribution in [0.1, 0.15) is 23.6 Å². The lowest BCUT2D eigenvalue weighted by Gasteiger charge is -2.34. The second-order valence-electron chi connectivity index (χ2n) is 8.79. The van der Waals surface area contributed by atoms with Gasteiger partial charge in [0.15, 0.2) is 11.4 Å². The van der Waals surface area contributed by atoms with E-state index in [1.165, 1.54) is 16.7 Å². The summed E-state index contributed by atoms with van der Waals surface area (Å²) in [5, 5.41) is 5.39. The van der Waals surface area contributed by atoms with Gasteiger partial charge in [-0.05, 0) is 35.2 Å². The molecule has 0 unspecified atom stereocenters. The molecule has 1 aromatic heterocycles. The van der Waals surface area contributed by atoms with Gasteiger partial charge in [0.1, 0.15) is 0 Å². The highest BCUT2D eigenvalue weighted by atomic mass is 32.2. The lowest BCUT2D eigenvalue weighted by Crippen LogP contribution is -2.47. The fraction of sp³-hybridized carbons (Fsp3) is 0.417. The first kappa shape index (κ1) is 24.2. The molecule has 2 aromatic carbocycles. The number of hydrogen-bond donors (Lipinski definition) is 1. The monoisotopic (exact) mass is 486 g/mol. The van der Waals surface area contributed by atoms with E-state index in [2.05, 4.69) is 39.2 Å². The van der Waals surface area contributed by atoms with Crippen LogP contribution in [-0.2, 0) is 34.4 Å². The highest BCUT2D eigenvalue weighted by Crippen LogP contribution is 2.27. The van der Waals surface area contributed by atoms with Gasteiger partial charge in [-0.25, -0.2) is 0 Å². The summed E-state index contributed by atoms with van der Waals surface area (Å²) in [6.07, 6.45) is 1.76. The molecule has 9 nitrogen and oxygen atoms in total. The molecule has 3 aromatic rings. The zero-order valence-corrected chi connectivity index (χ0v) is 20.3. The molecule has 182 valence electrons. The third-order valence-corrected chi connectivity index (χ3v) is 6.19. The molecule has 5 rings (SSSR count). The molecule has 2 aliphatic rings. The van der Waals surface area contributed by atoms with E-state index in [4.69, 9.17) is 9.08 Å². The van der Waals surface area contributed by atoms with Gasteiger partial charge in [-0.1, -0.05) is 35.5 Å². The van der Waals surface area contributed by atoms with E-state index >= 15 is 0 Å². The quantitative estimate of drug-likeness (QED) is 0.561. The van der Waals surface area contributed by atoms with E-state index in [-0.39, 0.29) is 5.91 Å². The maximum absolute atomic E-state index is 11.6. The Morgan fingerprint density at radius 2 is 1.74 bits per heavy atom. The van der Waals surface area contributed by atoms with Gasteiger partial charge in [-0.3, -0.25) is 14.2 Å². The number of amides is 1. The van der Waals surface area contributed by atoms with E-state index in [0.29, 0.717) is 6.26 Å². The van der Waals surface area contributed by atoms with E-state index in [1.807, 2.05) is 23.1 Å². The molecule has 1 saturated heterocycles. The van der Waals surface area contributed by atoms with Gasteiger partial charge in [-0.2, -0.15) is 8.42 Å². The molecule has 1 fully saturated rings. The Bertz CT molecular complexity index is 1260. The van der Waals surface area contributed by atoms with Crippen molar-refractivity contribution in [1.82, 2.24) is 15.0 Å². The maximum atomic E-state index is 11.6. The minimum absolute atomic E-state index is 0.153. The van der Waals surface area contributed by atoms with Crippen LogP contribution >= 0.6 is 0 Å². The molecular formula is C24H30N4O5S. The van der Waals surface area contributed by atoms with Gasteiger partial charge in [0.25, 0.3) is 10.1 Å². The van der Waals surface area contributed by atoms with Crippen LogP contribution in [0.2, 0.25) is 0 Å². The highest BCUT2D eigenvalue weighted by Gasteiger charge is 2.23. The molecule has 3 heterocycles. The molecule has 0 aliphatic carbocycles. The molecule has 0 atom stereocenters. The average molecular weight is 487 g/mol. The number of fused-ring (bicyclic) bond motifs is 2. The van der Waals surface area contributed by atoms with Crippen LogP contribution in [0.4, 0.5) is 5.82 Å². The van der Waals surface area contributed by atoms with Gasteiger partial charge < -0.3 is 14.3 Å². The van der Waals surface area contributed by atoms with Crippen molar-refractivity contribution in [2.45, 2.75) is 26.4 Å². The number of carbonyl (C=O) groups excluding carboxylic acids is 1. The molecule has 10 heteroatoms. The van der Waals surface area contributed by atoms with Crippen molar-refractivity contribution in [2.24, 2.45) is 0 Å². The Labute approximate surface area is 199 Å². The molecule has 1 N–H and O–H groups in total. The van der Waals surface area contributed by atoms with Crippen molar-refractivity contribution in [1.29, 1.82) is 0 Å². The van der Waals surface area contributed by atoms with Gasteiger partial charge in [0, 0.05) is 52.7 Å². The van der Waals surface area contributed by atoms with Crippen LogP contribution in [0.3, 0.4) is 0 Å². The number of piperazine rings is 1. The smallest absolute Gasteiger partial charge is 0.261 e. The summed E-state index contributed by atoms with van der Waals surface area (Å²) in [5.74, 6) is 1.12. The zero-order chi connectivity index (χ0) is 24.3. The Kier molecular flexibility index (Phi) is 7.20. The van der Waals surface area contributed by atoms with Gasteiger partial charge in [0.2, 0.25) is 5.91 Å². The largest absolute Gasteiger partial charge is 0.354 e. The number of anilines is 1. The minimum atomic E-state index is -3.67. The predicted molar refractivity (Wildman–Crippen MR) is 130 cm³/mol. The molecule has 34 heavy (non-hydrogen) atoms. The first-order chi connectivity index (χ1) is 16.2. The van der Waals surface area contributed by atoms with Crippen LogP contribution in [0, 0.1) is 0 Å². The van der Waals surface area contributed by atoms with Crippen molar-refractivity contribution in [3.05, 3.63) is 59.2 Å². The summed E-state index contributed by atoms with van der Waals surface area (Å²) in [6.45, 7) is 8.21. The number of aromatic nitrogens is 1.